The molecule has 1 fully saturated rings. The van der Waals surface area contributed by atoms with E-state index in [1.165, 1.54) is 0 Å². The summed E-state index contributed by atoms with van der Waals surface area (Å²) in [6.45, 7) is 1.80. The van der Waals surface area contributed by atoms with Crippen LogP contribution in [0.15, 0.2) is 60.8 Å². The van der Waals surface area contributed by atoms with Gasteiger partial charge in [0.1, 0.15) is 6.10 Å². The van der Waals surface area contributed by atoms with Crippen molar-refractivity contribution in [2.45, 2.75) is 18.6 Å². The molecule has 0 saturated carbocycles. The Balaban J connectivity index is 1.79. The number of pyridine rings is 1. The molecular weight excluding hydrogens is 405 g/mol. The van der Waals surface area contributed by atoms with Crippen LogP contribution < -0.4 is 0 Å². The quantitative estimate of drug-likeness (QED) is 0.595. The molecule has 1 aliphatic rings. The van der Waals surface area contributed by atoms with E-state index in [-0.39, 0.29) is 6.04 Å². The molecule has 1 N–H and O–H groups in total. The predicted octanol–water partition coefficient (Wildman–Crippen LogP) is 5.41. The monoisotopic (exact) mass is 423 g/mol. The van der Waals surface area contributed by atoms with Gasteiger partial charge in [0.2, 0.25) is 0 Å². The van der Waals surface area contributed by atoms with Crippen LogP contribution in [0.2, 0.25) is 10.0 Å². The maximum Gasteiger partial charge on any atom is 0.101 e. The Kier molecular flexibility index (Phi) is 5.84. The number of aliphatic hydroxyl groups excluding tert-OH is 1. The minimum Gasteiger partial charge on any atom is -0.386 e. The number of aromatic nitrogens is 1. The molecule has 2 atom stereocenters. The molecule has 4 nitrogen and oxygen atoms in total. The average Bonchev–Trinajstić information content (AvgIpc) is 2.69. The molecule has 1 aromatic heterocycles. The van der Waals surface area contributed by atoms with Crippen LogP contribution in [0, 0.1) is 11.3 Å². The molecule has 1 saturated heterocycles. The molecule has 0 aliphatic carbocycles. The zero-order valence-electron chi connectivity index (χ0n) is 15.6. The first-order valence-corrected chi connectivity index (χ1v) is 10.2. The van der Waals surface area contributed by atoms with Crippen LogP contribution >= 0.6 is 23.2 Å². The number of hydrogen-bond donors (Lipinski definition) is 1. The van der Waals surface area contributed by atoms with E-state index < -0.39 is 6.10 Å². The molecule has 1 aliphatic heterocycles. The van der Waals surface area contributed by atoms with Crippen molar-refractivity contribution in [3.8, 4) is 17.3 Å². The van der Waals surface area contributed by atoms with Crippen molar-refractivity contribution in [3.63, 3.8) is 0 Å². The highest BCUT2D eigenvalue weighted by molar-refractivity contribution is 6.35. The minimum atomic E-state index is -0.828. The van der Waals surface area contributed by atoms with Gasteiger partial charge in [0.05, 0.1) is 23.4 Å². The van der Waals surface area contributed by atoms with E-state index in [0.29, 0.717) is 26.9 Å². The lowest BCUT2D eigenvalue weighted by Gasteiger charge is -2.41. The molecule has 0 radical (unpaired) electrons. The number of benzene rings is 2. The Bertz CT molecular complexity index is 1060. The van der Waals surface area contributed by atoms with Gasteiger partial charge in [-0.3, -0.25) is 9.88 Å². The van der Waals surface area contributed by atoms with Crippen LogP contribution in [0.5, 0.6) is 0 Å². The molecule has 0 bridgehead atoms. The summed E-state index contributed by atoms with van der Waals surface area (Å²) >= 11 is 12.4. The number of hydrogen-bond acceptors (Lipinski definition) is 4. The SMILES string of the molecule is N#Cc1cccc(C(C(O)c2cccnc2-c2cc(Cl)cc(Cl)c2)N2CCC2)c1. The summed E-state index contributed by atoms with van der Waals surface area (Å²) in [5.74, 6) is 0. The van der Waals surface area contributed by atoms with E-state index in [1.807, 2.05) is 30.3 Å². The maximum atomic E-state index is 11.5. The number of rotatable bonds is 5. The summed E-state index contributed by atoms with van der Waals surface area (Å²) in [5.41, 5.74) is 3.59. The molecule has 2 unspecified atom stereocenters. The number of aliphatic hydroxyl groups is 1. The predicted molar refractivity (Wildman–Crippen MR) is 115 cm³/mol. The molecule has 0 amide bonds. The fourth-order valence-corrected chi connectivity index (χ4v) is 4.29. The normalized spacial score (nSPS) is 15.9. The first-order valence-electron chi connectivity index (χ1n) is 9.40. The van der Waals surface area contributed by atoms with Crippen molar-refractivity contribution in [3.05, 3.63) is 87.5 Å². The molecule has 2 heterocycles. The molecule has 29 heavy (non-hydrogen) atoms. The number of likely N-dealkylation sites (tertiary alicyclic amines) is 1. The van der Waals surface area contributed by atoms with Gasteiger partial charge in [0.15, 0.2) is 0 Å². The molecule has 4 rings (SSSR count). The summed E-state index contributed by atoms with van der Waals surface area (Å²) in [4.78, 5) is 6.74. The zero-order chi connectivity index (χ0) is 20.4. The number of nitriles is 1. The van der Waals surface area contributed by atoms with Crippen molar-refractivity contribution >= 4 is 23.2 Å². The van der Waals surface area contributed by atoms with Crippen LogP contribution in [0.3, 0.4) is 0 Å². The number of halogens is 2. The molecule has 3 aromatic rings. The summed E-state index contributed by atoms with van der Waals surface area (Å²) in [7, 11) is 0. The lowest BCUT2D eigenvalue weighted by atomic mass is 9.89. The van der Waals surface area contributed by atoms with Crippen molar-refractivity contribution < 1.29 is 5.11 Å². The average molecular weight is 424 g/mol. The van der Waals surface area contributed by atoms with Crippen LogP contribution in [-0.2, 0) is 0 Å². The van der Waals surface area contributed by atoms with Gasteiger partial charge < -0.3 is 5.11 Å². The smallest absolute Gasteiger partial charge is 0.101 e. The Morgan fingerprint density at radius 2 is 1.79 bits per heavy atom. The lowest BCUT2D eigenvalue weighted by Crippen LogP contribution is -2.42. The zero-order valence-corrected chi connectivity index (χ0v) is 17.1. The summed E-state index contributed by atoms with van der Waals surface area (Å²) < 4.78 is 0. The Hall–Kier alpha value is -2.42. The first-order chi connectivity index (χ1) is 14.1. The van der Waals surface area contributed by atoms with Crippen molar-refractivity contribution in [1.29, 1.82) is 5.26 Å². The summed E-state index contributed by atoms with van der Waals surface area (Å²) in [6, 6.07) is 18.3. The van der Waals surface area contributed by atoms with Crippen LogP contribution in [-0.4, -0.2) is 28.1 Å². The van der Waals surface area contributed by atoms with E-state index >= 15 is 0 Å². The first kappa shape index (κ1) is 19.9. The molecule has 6 heteroatoms. The van der Waals surface area contributed by atoms with E-state index in [0.717, 1.165) is 30.6 Å². The van der Waals surface area contributed by atoms with Gasteiger partial charge in [0.25, 0.3) is 0 Å². The maximum absolute atomic E-state index is 11.5. The van der Waals surface area contributed by atoms with E-state index in [1.54, 1.807) is 30.5 Å². The second kappa shape index (κ2) is 8.52. The Morgan fingerprint density at radius 1 is 1.03 bits per heavy atom. The third kappa shape index (κ3) is 4.14. The Labute approximate surface area is 180 Å². The summed E-state index contributed by atoms with van der Waals surface area (Å²) in [6.07, 6.45) is 1.95. The van der Waals surface area contributed by atoms with Gasteiger partial charge >= 0.3 is 0 Å². The van der Waals surface area contributed by atoms with Gasteiger partial charge in [-0.05, 0) is 48.4 Å². The van der Waals surface area contributed by atoms with Crippen molar-refractivity contribution in [2.24, 2.45) is 0 Å². The van der Waals surface area contributed by atoms with Crippen LogP contribution in [0.25, 0.3) is 11.3 Å². The second-order valence-electron chi connectivity index (χ2n) is 7.12. The topological polar surface area (TPSA) is 60.1 Å². The highest BCUT2D eigenvalue weighted by Crippen LogP contribution is 2.40. The van der Waals surface area contributed by atoms with Gasteiger partial charge in [-0.25, -0.2) is 0 Å². The Morgan fingerprint density at radius 3 is 2.45 bits per heavy atom. The lowest BCUT2D eigenvalue weighted by molar-refractivity contribution is 0.0130. The summed E-state index contributed by atoms with van der Waals surface area (Å²) in [5, 5.41) is 21.8. The third-order valence-corrected chi connectivity index (χ3v) is 5.67. The number of nitrogens with zero attached hydrogens (tertiary/aromatic N) is 3. The van der Waals surface area contributed by atoms with Crippen molar-refractivity contribution in [1.82, 2.24) is 9.88 Å². The van der Waals surface area contributed by atoms with E-state index in [2.05, 4.69) is 16.0 Å². The van der Waals surface area contributed by atoms with Gasteiger partial charge in [-0.1, -0.05) is 41.4 Å². The molecule has 146 valence electrons. The van der Waals surface area contributed by atoms with E-state index in [9.17, 15) is 10.4 Å². The molecule has 0 spiro atoms. The fraction of sp³-hybridized carbons (Fsp3) is 0.217. The second-order valence-corrected chi connectivity index (χ2v) is 7.99. The van der Waals surface area contributed by atoms with Crippen LogP contribution in [0.4, 0.5) is 0 Å². The highest BCUT2D eigenvalue weighted by Gasteiger charge is 2.33. The highest BCUT2D eigenvalue weighted by atomic mass is 35.5. The minimum absolute atomic E-state index is 0.269. The standard InChI is InChI=1S/C23H19Cl2N3O/c24-18-11-17(12-19(25)13-18)21-20(6-2-7-27-21)23(29)22(28-8-3-9-28)16-5-1-4-15(10-16)14-26/h1-2,4-7,10-13,22-23,29H,3,8-9H2. The largest absolute Gasteiger partial charge is 0.386 e. The van der Waals surface area contributed by atoms with Crippen molar-refractivity contribution in [2.75, 3.05) is 13.1 Å². The van der Waals surface area contributed by atoms with Gasteiger partial charge in [-0.2, -0.15) is 5.26 Å². The van der Waals surface area contributed by atoms with Crippen LogP contribution in [0.1, 0.15) is 35.3 Å². The fourth-order valence-electron chi connectivity index (χ4n) is 3.76. The van der Waals surface area contributed by atoms with E-state index in [4.69, 9.17) is 23.2 Å². The van der Waals surface area contributed by atoms with Gasteiger partial charge in [0, 0.05) is 40.5 Å². The van der Waals surface area contributed by atoms with Gasteiger partial charge in [-0.15, -0.1) is 0 Å². The molecule has 2 aromatic carbocycles. The third-order valence-electron chi connectivity index (χ3n) is 5.23. The molecular formula is C23H19Cl2N3O.